The van der Waals surface area contributed by atoms with Crippen molar-refractivity contribution in [2.24, 2.45) is 0 Å². The van der Waals surface area contributed by atoms with Crippen molar-refractivity contribution in [3.05, 3.63) is 155 Å². The Morgan fingerprint density at radius 1 is 0.283 bits per heavy atom. The number of phenols is 8. The van der Waals surface area contributed by atoms with E-state index in [0.29, 0.717) is 33.4 Å². The minimum Gasteiger partial charge on any atom is -0.504 e. The molecule has 0 aromatic heterocycles. The Bertz CT molecular complexity index is 1780. The number of phenolic OH excluding ortho intramolecular Hbond substituents is 8. The van der Waals surface area contributed by atoms with E-state index in [0.717, 1.165) is 11.1 Å². The van der Waals surface area contributed by atoms with Crippen LogP contribution in [0.2, 0.25) is 0 Å². The Kier molecular flexibility index (Phi) is 7.78. The Labute approximate surface area is 264 Å². The van der Waals surface area contributed by atoms with E-state index in [1.165, 1.54) is 24.3 Å². The summed E-state index contributed by atoms with van der Waals surface area (Å²) in [5.74, 6) is -4.02. The van der Waals surface area contributed by atoms with Crippen LogP contribution in [0.1, 0.15) is 45.2 Å². The molecule has 0 bridgehead atoms. The van der Waals surface area contributed by atoms with E-state index < -0.39 is 11.8 Å². The van der Waals surface area contributed by atoms with Gasteiger partial charge in [0.05, 0.1) is 0 Å². The molecule has 230 valence electrons. The summed E-state index contributed by atoms with van der Waals surface area (Å²) in [5.41, 5.74) is 4.41. The lowest BCUT2D eigenvalue weighted by atomic mass is 9.82. The van der Waals surface area contributed by atoms with Gasteiger partial charge in [0.2, 0.25) is 0 Å². The fourth-order valence-corrected chi connectivity index (χ4v) is 5.92. The van der Waals surface area contributed by atoms with Crippen LogP contribution in [0.15, 0.2) is 121 Å². The van der Waals surface area contributed by atoms with Crippen LogP contribution in [-0.2, 0) is 0 Å². The summed E-state index contributed by atoms with van der Waals surface area (Å²) < 4.78 is 0. The molecule has 0 aliphatic rings. The van der Waals surface area contributed by atoms with Crippen molar-refractivity contribution in [2.45, 2.75) is 11.8 Å². The second kappa shape index (κ2) is 12.0. The second-order valence-corrected chi connectivity index (χ2v) is 11.0. The van der Waals surface area contributed by atoms with E-state index in [9.17, 15) is 40.9 Å². The highest BCUT2D eigenvalue weighted by molar-refractivity contribution is 5.67. The molecule has 6 rings (SSSR count). The summed E-state index contributed by atoms with van der Waals surface area (Å²) in [5, 5.41) is 83.8. The van der Waals surface area contributed by atoms with Crippen LogP contribution in [0.5, 0.6) is 46.0 Å². The predicted molar refractivity (Wildman–Crippen MR) is 173 cm³/mol. The highest BCUT2D eigenvalue weighted by Crippen LogP contribution is 2.47. The van der Waals surface area contributed by atoms with Crippen molar-refractivity contribution in [3.63, 3.8) is 0 Å². The van der Waals surface area contributed by atoms with E-state index in [4.69, 9.17) is 0 Å². The van der Waals surface area contributed by atoms with Crippen molar-refractivity contribution < 1.29 is 40.9 Å². The van der Waals surface area contributed by atoms with Crippen LogP contribution in [0, 0.1) is 0 Å². The van der Waals surface area contributed by atoms with Gasteiger partial charge in [-0.1, -0.05) is 97.1 Å². The predicted octanol–water partition coefficient (Wildman–Crippen LogP) is 7.36. The molecule has 0 saturated carbocycles. The third kappa shape index (κ3) is 5.33. The van der Waals surface area contributed by atoms with E-state index in [-0.39, 0.29) is 46.0 Å². The van der Waals surface area contributed by atoms with E-state index >= 15 is 0 Å². The fourth-order valence-electron chi connectivity index (χ4n) is 5.92. The summed E-state index contributed by atoms with van der Waals surface area (Å²) in [6.45, 7) is 0. The molecule has 0 aliphatic heterocycles. The highest BCUT2D eigenvalue weighted by atomic mass is 16.3. The van der Waals surface area contributed by atoms with Gasteiger partial charge >= 0.3 is 0 Å². The van der Waals surface area contributed by atoms with Crippen LogP contribution in [-0.4, -0.2) is 40.9 Å². The number of hydrogen-bond donors (Lipinski definition) is 8. The zero-order valence-corrected chi connectivity index (χ0v) is 24.3. The van der Waals surface area contributed by atoms with Gasteiger partial charge < -0.3 is 40.9 Å². The first kappa shape index (κ1) is 29.8. The van der Waals surface area contributed by atoms with Gasteiger partial charge in [-0.15, -0.1) is 0 Å². The molecule has 0 heterocycles. The van der Waals surface area contributed by atoms with Crippen LogP contribution < -0.4 is 0 Å². The van der Waals surface area contributed by atoms with Gasteiger partial charge in [0, 0.05) is 34.1 Å². The number of rotatable bonds is 7. The number of aromatic hydroxyl groups is 8. The topological polar surface area (TPSA) is 162 Å². The van der Waals surface area contributed by atoms with Gasteiger partial charge in [0.15, 0.2) is 46.0 Å². The molecule has 6 aromatic carbocycles. The average Bonchev–Trinajstić information content (AvgIpc) is 3.06. The van der Waals surface area contributed by atoms with Crippen molar-refractivity contribution >= 4 is 0 Å². The number of para-hydroxylation sites is 4. The van der Waals surface area contributed by atoms with Gasteiger partial charge in [0.1, 0.15) is 0 Å². The first-order valence-corrected chi connectivity index (χ1v) is 14.4. The van der Waals surface area contributed by atoms with Crippen LogP contribution in [0.4, 0.5) is 0 Å². The lowest BCUT2D eigenvalue weighted by Crippen LogP contribution is -2.05. The molecule has 0 amide bonds. The molecule has 8 N–H and O–H groups in total. The lowest BCUT2D eigenvalue weighted by molar-refractivity contribution is 0.393. The normalized spacial score (nSPS) is 11.3. The summed E-state index contributed by atoms with van der Waals surface area (Å²) >= 11 is 0. The maximum absolute atomic E-state index is 10.7. The lowest BCUT2D eigenvalue weighted by Gasteiger charge is -2.22. The van der Waals surface area contributed by atoms with E-state index in [1.807, 2.05) is 48.5 Å². The minimum absolute atomic E-state index is 0.310. The largest absolute Gasteiger partial charge is 0.504 e. The maximum atomic E-state index is 10.7. The molecule has 8 heteroatoms. The van der Waals surface area contributed by atoms with Crippen molar-refractivity contribution in [3.8, 4) is 57.1 Å². The van der Waals surface area contributed by atoms with Crippen molar-refractivity contribution in [1.82, 2.24) is 0 Å². The van der Waals surface area contributed by atoms with E-state index in [2.05, 4.69) is 0 Å². The number of hydrogen-bond acceptors (Lipinski definition) is 8. The molecule has 0 saturated heterocycles. The first-order chi connectivity index (χ1) is 22.2. The van der Waals surface area contributed by atoms with Crippen LogP contribution in [0.25, 0.3) is 11.1 Å². The average molecular weight is 615 g/mol. The third-order valence-corrected chi connectivity index (χ3v) is 8.25. The zero-order chi connectivity index (χ0) is 32.5. The molecular formula is C38H30O8. The molecule has 0 spiro atoms. The molecule has 0 unspecified atom stereocenters. The van der Waals surface area contributed by atoms with Crippen LogP contribution >= 0.6 is 0 Å². The molecular weight excluding hydrogens is 584 g/mol. The van der Waals surface area contributed by atoms with Gasteiger partial charge in [-0.05, 0) is 46.5 Å². The smallest absolute Gasteiger partial charge is 0.161 e. The van der Waals surface area contributed by atoms with E-state index in [1.54, 1.807) is 48.5 Å². The number of benzene rings is 6. The quantitative estimate of drug-likeness (QED) is 0.0683. The fraction of sp³-hybridized carbons (Fsp3) is 0.0526. The molecule has 6 aromatic rings. The minimum atomic E-state index is -0.721. The first-order valence-electron chi connectivity index (χ1n) is 14.4. The van der Waals surface area contributed by atoms with Gasteiger partial charge in [-0.2, -0.15) is 0 Å². The second-order valence-electron chi connectivity index (χ2n) is 11.0. The summed E-state index contributed by atoms with van der Waals surface area (Å²) in [6, 6.07) is 33.2. The van der Waals surface area contributed by atoms with Gasteiger partial charge in [-0.25, -0.2) is 0 Å². The van der Waals surface area contributed by atoms with Gasteiger partial charge in [0.25, 0.3) is 0 Å². The molecule has 46 heavy (non-hydrogen) atoms. The Balaban J connectivity index is 1.39. The molecule has 0 fully saturated rings. The summed E-state index contributed by atoms with van der Waals surface area (Å²) in [4.78, 5) is 0. The van der Waals surface area contributed by atoms with Crippen LogP contribution in [0.3, 0.4) is 0 Å². The Morgan fingerprint density at radius 3 is 0.761 bits per heavy atom. The standard InChI is InChI=1S/C38H30O8/c39-29-9-1-5-25(35(29)43)33(26-6-2-10-30(40)36(26)44)23-17-13-21(14-18-23)22-15-19-24(20-16-22)34(27-7-3-11-31(41)37(27)45)28-8-4-12-32(42)38(28)46/h1-20,33-34,39-46H. The zero-order valence-electron chi connectivity index (χ0n) is 24.3. The highest BCUT2D eigenvalue weighted by Gasteiger charge is 2.27. The Hall–Kier alpha value is -6.28. The monoisotopic (exact) mass is 614 g/mol. The summed E-state index contributed by atoms with van der Waals surface area (Å²) in [6.07, 6.45) is 0. The Morgan fingerprint density at radius 2 is 0.522 bits per heavy atom. The molecule has 0 aliphatic carbocycles. The molecule has 0 radical (unpaired) electrons. The summed E-state index contributed by atoms with van der Waals surface area (Å²) in [7, 11) is 0. The van der Waals surface area contributed by atoms with Crippen molar-refractivity contribution in [2.75, 3.05) is 0 Å². The molecule has 0 atom stereocenters. The van der Waals surface area contributed by atoms with Gasteiger partial charge in [-0.3, -0.25) is 0 Å². The SMILES string of the molecule is Oc1cccc(C(c2ccc(-c3ccc(C(c4cccc(O)c4O)c4cccc(O)c4O)cc3)cc2)c2cccc(O)c2O)c1O. The third-order valence-electron chi connectivity index (χ3n) is 8.25. The molecule has 8 nitrogen and oxygen atoms in total. The van der Waals surface area contributed by atoms with Crippen molar-refractivity contribution in [1.29, 1.82) is 0 Å². The maximum Gasteiger partial charge on any atom is 0.161 e.